The van der Waals surface area contributed by atoms with Crippen LogP contribution < -0.4 is 10.2 Å². The molecular weight excluding hydrogens is 236 g/mol. The maximum atomic E-state index is 4.78. The molecule has 1 unspecified atom stereocenters. The third-order valence-electron chi connectivity index (χ3n) is 3.83. The molecule has 1 aliphatic heterocycles. The highest BCUT2D eigenvalue weighted by atomic mass is 15.2. The van der Waals surface area contributed by atoms with Crippen molar-refractivity contribution in [1.29, 1.82) is 0 Å². The summed E-state index contributed by atoms with van der Waals surface area (Å²) in [5.74, 6) is 3.70. The van der Waals surface area contributed by atoms with Crippen LogP contribution in [0.4, 0.5) is 11.6 Å². The van der Waals surface area contributed by atoms with Crippen molar-refractivity contribution in [3.05, 3.63) is 11.9 Å². The summed E-state index contributed by atoms with van der Waals surface area (Å²) in [6.07, 6.45) is 2.53. The van der Waals surface area contributed by atoms with E-state index in [1.54, 1.807) is 0 Å². The highest BCUT2D eigenvalue weighted by Gasteiger charge is 2.25. The topological polar surface area (TPSA) is 41.0 Å². The molecule has 2 heterocycles. The van der Waals surface area contributed by atoms with Crippen LogP contribution in [0.15, 0.2) is 6.07 Å². The van der Waals surface area contributed by atoms with Crippen LogP contribution in [0.3, 0.4) is 0 Å². The normalized spacial score (nSPS) is 19.8. The summed E-state index contributed by atoms with van der Waals surface area (Å²) in [4.78, 5) is 11.8. The van der Waals surface area contributed by atoms with Crippen LogP contribution in [-0.2, 0) is 5.41 Å². The van der Waals surface area contributed by atoms with Crippen molar-refractivity contribution < 1.29 is 0 Å². The van der Waals surface area contributed by atoms with E-state index in [2.05, 4.69) is 49.0 Å². The summed E-state index contributed by atoms with van der Waals surface area (Å²) in [6, 6.07) is 2.06. The van der Waals surface area contributed by atoms with Gasteiger partial charge in [-0.3, -0.25) is 0 Å². The summed E-state index contributed by atoms with van der Waals surface area (Å²) in [7, 11) is 1.91. The number of anilines is 2. The Morgan fingerprint density at radius 3 is 2.63 bits per heavy atom. The van der Waals surface area contributed by atoms with Crippen LogP contribution in [-0.4, -0.2) is 30.1 Å². The van der Waals surface area contributed by atoms with Crippen LogP contribution >= 0.6 is 0 Å². The minimum Gasteiger partial charge on any atom is -0.373 e. The van der Waals surface area contributed by atoms with Gasteiger partial charge in [-0.25, -0.2) is 9.97 Å². The lowest BCUT2D eigenvalue weighted by molar-refractivity contribution is 0.544. The first-order valence-electron chi connectivity index (χ1n) is 7.26. The highest BCUT2D eigenvalue weighted by molar-refractivity contribution is 5.50. The number of hydrogen-bond acceptors (Lipinski definition) is 4. The molecule has 0 amide bonds. The molecule has 1 saturated heterocycles. The van der Waals surface area contributed by atoms with Gasteiger partial charge in [0.2, 0.25) is 0 Å². The zero-order chi connectivity index (χ0) is 14.0. The van der Waals surface area contributed by atoms with Crippen molar-refractivity contribution in [1.82, 2.24) is 9.97 Å². The zero-order valence-corrected chi connectivity index (χ0v) is 12.8. The summed E-state index contributed by atoms with van der Waals surface area (Å²) in [5, 5.41) is 3.15. The predicted molar refractivity (Wildman–Crippen MR) is 80.9 cm³/mol. The first-order chi connectivity index (χ1) is 8.94. The maximum Gasteiger partial charge on any atom is 0.138 e. The predicted octanol–water partition coefficient (Wildman–Crippen LogP) is 3.05. The van der Waals surface area contributed by atoms with Gasteiger partial charge in [0.15, 0.2) is 0 Å². The van der Waals surface area contributed by atoms with Gasteiger partial charge in [-0.15, -0.1) is 0 Å². The fourth-order valence-corrected chi connectivity index (χ4v) is 2.43. The van der Waals surface area contributed by atoms with Gasteiger partial charge in [0, 0.05) is 31.6 Å². The van der Waals surface area contributed by atoms with E-state index < -0.39 is 0 Å². The molecule has 0 bridgehead atoms. The molecule has 0 saturated carbocycles. The van der Waals surface area contributed by atoms with Gasteiger partial charge >= 0.3 is 0 Å². The second kappa shape index (κ2) is 5.35. The van der Waals surface area contributed by atoms with E-state index in [-0.39, 0.29) is 5.41 Å². The molecule has 1 N–H and O–H groups in total. The molecule has 1 atom stereocenters. The van der Waals surface area contributed by atoms with Gasteiger partial charge in [0.05, 0.1) is 0 Å². The van der Waals surface area contributed by atoms with Gasteiger partial charge in [-0.2, -0.15) is 0 Å². The van der Waals surface area contributed by atoms with E-state index in [0.29, 0.717) is 0 Å². The molecule has 0 aromatic carbocycles. The fraction of sp³-hybridized carbons (Fsp3) is 0.733. The van der Waals surface area contributed by atoms with E-state index in [1.807, 2.05) is 7.05 Å². The Kier molecular flexibility index (Phi) is 3.97. The van der Waals surface area contributed by atoms with Crippen LogP contribution in [0, 0.1) is 5.92 Å². The molecule has 1 aromatic heterocycles. The lowest BCUT2D eigenvalue weighted by Crippen LogP contribution is -2.24. The van der Waals surface area contributed by atoms with Crippen LogP contribution in [0.2, 0.25) is 0 Å². The van der Waals surface area contributed by atoms with Gasteiger partial charge < -0.3 is 10.2 Å². The molecule has 19 heavy (non-hydrogen) atoms. The van der Waals surface area contributed by atoms with Crippen molar-refractivity contribution in [2.45, 2.75) is 46.0 Å². The van der Waals surface area contributed by atoms with Crippen molar-refractivity contribution in [2.75, 3.05) is 30.4 Å². The van der Waals surface area contributed by atoms with Gasteiger partial charge in [0.25, 0.3) is 0 Å². The molecule has 0 spiro atoms. The Labute approximate surface area is 116 Å². The van der Waals surface area contributed by atoms with Gasteiger partial charge in [0.1, 0.15) is 17.5 Å². The average Bonchev–Trinajstić information content (AvgIpc) is 2.86. The highest BCUT2D eigenvalue weighted by Crippen LogP contribution is 2.28. The van der Waals surface area contributed by atoms with E-state index in [0.717, 1.165) is 36.5 Å². The van der Waals surface area contributed by atoms with Gasteiger partial charge in [-0.05, 0) is 12.3 Å². The summed E-state index contributed by atoms with van der Waals surface area (Å²) < 4.78 is 0. The largest absolute Gasteiger partial charge is 0.373 e. The summed E-state index contributed by atoms with van der Waals surface area (Å²) in [5.41, 5.74) is -0.0223. The second-order valence-corrected chi connectivity index (χ2v) is 6.44. The lowest BCUT2D eigenvalue weighted by Gasteiger charge is -2.23. The molecule has 1 fully saturated rings. The Bertz CT molecular complexity index is 436. The summed E-state index contributed by atoms with van der Waals surface area (Å²) in [6.45, 7) is 11.0. The number of nitrogens with one attached hydrogen (secondary N) is 1. The molecule has 4 heteroatoms. The minimum absolute atomic E-state index is 0.0223. The second-order valence-electron chi connectivity index (χ2n) is 6.44. The molecule has 2 rings (SSSR count). The van der Waals surface area contributed by atoms with E-state index in [9.17, 15) is 0 Å². The number of nitrogens with zero attached hydrogens (tertiary/aromatic N) is 3. The van der Waals surface area contributed by atoms with Crippen LogP contribution in [0.1, 0.15) is 46.4 Å². The number of rotatable bonds is 3. The fourth-order valence-electron chi connectivity index (χ4n) is 2.43. The number of aromatic nitrogens is 2. The van der Waals surface area contributed by atoms with Crippen molar-refractivity contribution in [3.63, 3.8) is 0 Å². The Hall–Kier alpha value is -1.32. The first-order valence-corrected chi connectivity index (χ1v) is 7.26. The van der Waals surface area contributed by atoms with Crippen molar-refractivity contribution >= 4 is 11.6 Å². The lowest BCUT2D eigenvalue weighted by atomic mass is 9.96. The number of hydrogen-bond donors (Lipinski definition) is 1. The van der Waals surface area contributed by atoms with E-state index in [1.165, 1.54) is 12.8 Å². The SMILES string of the molecule is CCC1CCN(c2cc(NC)nc(C(C)(C)C)n2)C1. The van der Waals surface area contributed by atoms with E-state index >= 15 is 0 Å². The molecule has 106 valence electrons. The summed E-state index contributed by atoms with van der Waals surface area (Å²) >= 11 is 0. The zero-order valence-electron chi connectivity index (χ0n) is 12.8. The monoisotopic (exact) mass is 262 g/mol. The molecule has 4 nitrogen and oxygen atoms in total. The third kappa shape index (κ3) is 3.17. The molecule has 0 aliphatic carbocycles. The van der Waals surface area contributed by atoms with Gasteiger partial charge in [-0.1, -0.05) is 34.1 Å². The molecule has 1 aromatic rings. The van der Waals surface area contributed by atoms with E-state index in [4.69, 9.17) is 4.98 Å². The average molecular weight is 262 g/mol. The quantitative estimate of drug-likeness (QED) is 0.909. The van der Waals surface area contributed by atoms with Crippen molar-refractivity contribution in [3.8, 4) is 0 Å². The Balaban J connectivity index is 2.30. The Morgan fingerprint density at radius 2 is 2.11 bits per heavy atom. The minimum atomic E-state index is -0.0223. The Morgan fingerprint density at radius 1 is 1.37 bits per heavy atom. The molecule has 1 aliphatic rings. The standard InChI is InChI=1S/C15H26N4/c1-6-11-7-8-19(10-11)13-9-12(16-5)17-14(18-13)15(2,3)4/h9,11H,6-8,10H2,1-5H3,(H,16,17,18). The first kappa shape index (κ1) is 14.1. The molecular formula is C15H26N4. The van der Waals surface area contributed by atoms with Crippen LogP contribution in [0.5, 0.6) is 0 Å². The van der Waals surface area contributed by atoms with Crippen LogP contribution in [0.25, 0.3) is 0 Å². The van der Waals surface area contributed by atoms with Crippen molar-refractivity contribution in [2.24, 2.45) is 5.92 Å². The molecule has 0 radical (unpaired) electrons. The maximum absolute atomic E-state index is 4.78. The third-order valence-corrected chi connectivity index (χ3v) is 3.83. The smallest absolute Gasteiger partial charge is 0.138 e.